The summed E-state index contributed by atoms with van der Waals surface area (Å²) in [5.74, 6) is 0. The smallest absolute Gasteiger partial charge is 0.385 e. The summed E-state index contributed by atoms with van der Waals surface area (Å²) < 4.78 is 38.4. The molecule has 1 aromatic rings. The molecule has 1 aromatic carbocycles. The molecule has 0 aliphatic rings. The molecular formula is C10H12BrF3N2. The fourth-order valence-corrected chi connectivity index (χ4v) is 1.59. The predicted octanol–water partition coefficient (Wildman–Crippen LogP) is 3.23. The summed E-state index contributed by atoms with van der Waals surface area (Å²) in [5, 5.41) is 2.73. The number of hydrogen-bond donors (Lipinski definition) is 2. The molecule has 0 aromatic heterocycles. The quantitative estimate of drug-likeness (QED) is 0.837. The molecule has 6 heteroatoms. The van der Waals surface area contributed by atoms with Crippen molar-refractivity contribution in [1.82, 2.24) is 0 Å². The highest BCUT2D eigenvalue weighted by molar-refractivity contribution is 9.10. The van der Waals surface area contributed by atoms with E-state index >= 15 is 0 Å². The van der Waals surface area contributed by atoms with Crippen LogP contribution in [0.15, 0.2) is 22.7 Å². The number of nitrogens with one attached hydrogen (secondary N) is 1. The molecule has 0 amide bonds. The Balaban J connectivity index is 2.90. The standard InChI is InChI=1S/C10H12BrF3N2/c11-7-2-3-9(16-5-1-4-15)8(6-7)10(12,13)14/h2-3,6,16H,1,4-5,15H2. The first-order valence-corrected chi connectivity index (χ1v) is 5.55. The molecule has 0 saturated carbocycles. The number of rotatable bonds is 4. The zero-order chi connectivity index (χ0) is 12.2. The van der Waals surface area contributed by atoms with Crippen LogP contribution in [0.4, 0.5) is 18.9 Å². The second-order valence-electron chi connectivity index (χ2n) is 3.26. The van der Waals surface area contributed by atoms with E-state index in [4.69, 9.17) is 5.73 Å². The minimum absolute atomic E-state index is 0.0872. The molecule has 90 valence electrons. The molecule has 0 atom stereocenters. The van der Waals surface area contributed by atoms with Crippen LogP contribution in [0.3, 0.4) is 0 Å². The molecule has 0 unspecified atom stereocenters. The van der Waals surface area contributed by atoms with E-state index in [0.29, 0.717) is 24.0 Å². The second-order valence-corrected chi connectivity index (χ2v) is 4.17. The van der Waals surface area contributed by atoms with Crippen LogP contribution in [0.5, 0.6) is 0 Å². The Morgan fingerprint density at radius 1 is 1.31 bits per heavy atom. The lowest BCUT2D eigenvalue weighted by Crippen LogP contribution is -2.13. The van der Waals surface area contributed by atoms with E-state index in [1.54, 1.807) is 6.07 Å². The molecule has 2 nitrogen and oxygen atoms in total. The van der Waals surface area contributed by atoms with E-state index in [2.05, 4.69) is 21.2 Å². The molecular weight excluding hydrogens is 285 g/mol. The molecule has 0 saturated heterocycles. The molecule has 0 radical (unpaired) electrons. The summed E-state index contributed by atoms with van der Waals surface area (Å²) in [6, 6.07) is 4.04. The van der Waals surface area contributed by atoms with Crippen molar-refractivity contribution in [1.29, 1.82) is 0 Å². The number of alkyl halides is 3. The van der Waals surface area contributed by atoms with Crippen molar-refractivity contribution >= 4 is 21.6 Å². The van der Waals surface area contributed by atoms with Gasteiger partial charge in [0.25, 0.3) is 0 Å². The number of halogens is 4. The summed E-state index contributed by atoms with van der Waals surface area (Å²) in [6.45, 7) is 0.881. The summed E-state index contributed by atoms with van der Waals surface area (Å²) in [4.78, 5) is 0. The first-order chi connectivity index (χ1) is 7.45. The SMILES string of the molecule is NCCCNc1ccc(Br)cc1C(F)(F)F. The van der Waals surface area contributed by atoms with Crippen molar-refractivity contribution in [2.75, 3.05) is 18.4 Å². The Bertz CT molecular complexity index is 352. The average molecular weight is 297 g/mol. The maximum Gasteiger partial charge on any atom is 0.418 e. The van der Waals surface area contributed by atoms with Gasteiger partial charge in [-0.3, -0.25) is 0 Å². The van der Waals surface area contributed by atoms with Gasteiger partial charge in [-0.25, -0.2) is 0 Å². The van der Waals surface area contributed by atoms with Gasteiger partial charge in [-0.05, 0) is 31.2 Å². The molecule has 0 aliphatic carbocycles. The molecule has 0 heterocycles. The van der Waals surface area contributed by atoms with Crippen LogP contribution in [0.2, 0.25) is 0 Å². The van der Waals surface area contributed by atoms with E-state index in [1.807, 2.05) is 0 Å². The zero-order valence-corrected chi connectivity index (χ0v) is 10.0. The average Bonchev–Trinajstić information content (AvgIpc) is 2.19. The summed E-state index contributed by atoms with van der Waals surface area (Å²) in [6.07, 6.45) is -3.72. The second kappa shape index (κ2) is 5.54. The zero-order valence-electron chi connectivity index (χ0n) is 8.44. The Hall–Kier alpha value is -0.750. The lowest BCUT2D eigenvalue weighted by molar-refractivity contribution is -0.137. The topological polar surface area (TPSA) is 38.0 Å². The molecule has 0 fully saturated rings. The lowest BCUT2D eigenvalue weighted by Gasteiger charge is -2.14. The van der Waals surface area contributed by atoms with Gasteiger partial charge < -0.3 is 11.1 Å². The monoisotopic (exact) mass is 296 g/mol. The largest absolute Gasteiger partial charge is 0.418 e. The van der Waals surface area contributed by atoms with E-state index < -0.39 is 11.7 Å². The maximum absolute atomic E-state index is 12.7. The van der Waals surface area contributed by atoms with Crippen molar-refractivity contribution in [3.05, 3.63) is 28.2 Å². The fourth-order valence-electron chi connectivity index (χ4n) is 1.23. The predicted molar refractivity (Wildman–Crippen MR) is 61.3 cm³/mol. The normalized spacial score (nSPS) is 11.6. The van der Waals surface area contributed by atoms with Crippen molar-refractivity contribution in [2.45, 2.75) is 12.6 Å². The Labute approximate surface area is 100 Å². The van der Waals surface area contributed by atoms with Crippen LogP contribution in [0.1, 0.15) is 12.0 Å². The van der Waals surface area contributed by atoms with Crippen molar-refractivity contribution in [2.24, 2.45) is 5.73 Å². The maximum atomic E-state index is 12.7. The molecule has 3 N–H and O–H groups in total. The number of anilines is 1. The van der Waals surface area contributed by atoms with Crippen molar-refractivity contribution in [3.63, 3.8) is 0 Å². The number of nitrogens with two attached hydrogens (primary N) is 1. The highest BCUT2D eigenvalue weighted by Crippen LogP contribution is 2.36. The van der Waals surface area contributed by atoms with Crippen molar-refractivity contribution < 1.29 is 13.2 Å². The van der Waals surface area contributed by atoms with E-state index in [9.17, 15) is 13.2 Å². The van der Waals surface area contributed by atoms with Crippen LogP contribution in [-0.4, -0.2) is 13.1 Å². The minimum atomic E-state index is -4.35. The highest BCUT2D eigenvalue weighted by atomic mass is 79.9. The molecule has 0 bridgehead atoms. The van der Waals surface area contributed by atoms with Gasteiger partial charge in [0.2, 0.25) is 0 Å². The van der Waals surface area contributed by atoms with Gasteiger partial charge in [0.15, 0.2) is 0 Å². The van der Waals surface area contributed by atoms with Crippen LogP contribution >= 0.6 is 15.9 Å². The third-order valence-electron chi connectivity index (χ3n) is 1.98. The first-order valence-electron chi connectivity index (χ1n) is 4.76. The first kappa shape index (κ1) is 13.3. The minimum Gasteiger partial charge on any atom is -0.385 e. The van der Waals surface area contributed by atoms with Gasteiger partial charge in [-0.15, -0.1) is 0 Å². The third-order valence-corrected chi connectivity index (χ3v) is 2.48. The van der Waals surface area contributed by atoms with Crippen LogP contribution < -0.4 is 11.1 Å². The molecule has 0 aliphatic heterocycles. The Morgan fingerprint density at radius 3 is 2.56 bits per heavy atom. The van der Waals surface area contributed by atoms with Crippen LogP contribution in [0, 0.1) is 0 Å². The van der Waals surface area contributed by atoms with Crippen molar-refractivity contribution in [3.8, 4) is 0 Å². The summed E-state index contributed by atoms with van der Waals surface area (Å²) in [7, 11) is 0. The highest BCUT2D eigenvalue weighted by Gasteiger charge is 2.33. The lowest BCUT2D eigenvalue weighted by atomic mass is 10.1. The summed E-state index contributed by atoms with van der Waals surface area (Å²) in [5.41, 5.74) is 4.69. The molecule has 1 rings (SSSR count). The fraction of sp³-hybridized carbons (Fsp3) is 0.400. The van der Waals surface area contributed by atoms with E-state index in [1.165, 1.54) is 6.07 Å². The van der Waals surface area contributed by atoms with Gasteiger partial charge in [-0.2, -0.15) is 13.2 Å². The Kier molecular flexibility index (Phi) is 4.61. The molecule has 16 heavy (non-hydrogen) atoms. The molecule has 0 spiro atoms. The van der Waals surface area contributed by atoms with Crippen LogP contribution in [-0.2, 0) is 6.18 Å². The van der Waals surface area contributed by atoms with Gasteiger partial charge in [0, 0.05) is 16.7 Å². The number of benzene rings is 1. The van der Waals surface area contributed by atoms with Crippen LogP contribution in [0.25, 0.3) is 0 Å². The van der Waals surface area contributed by atoms with Gasteiger partial charge in [0.05, 0.1) is 5.56 Å². The third kappa shape index (κ3) is 3.68. The van der Waals surface area contributed by atoms with E-state index in [-0.39, 0.29) is 5.69 Å². The van der Waals surface area contributed by atoms with Gasteiger partial charge >= 0.3 is 6.18 Å². The summed E-state index contributed by atoms with van der Waals surface area (Å²) >= 11 is 3.02. The van der Waals surface area contributed by atoms with Gasteiger partial charge in [-0.1, -0.05) is 15.9 Å². The number of hydrogen-bond acceptors (Lipinski definition) is 2. The van der Waals surface area contributed by atoms with E-state index in [0.717, 1.165) is 6.07 Å². The Morgan fingerprint density at radius 2 is 2.00 bits per heavy atom. The van der Waals surface area contributed by atoms with Gasteiger partial charge in [0.1, 0.15) is 0 Å².